The molecule has 0 atom stereocenters. The van der Waals surface area contributed by atoms with Crippen molar-refractivity contribution in [3.63, 3.8) is 0 Å². The van der Waals surface area contributed by atoms with E-state index >= 15 is 0 Å². The van der Waals surface area contributed by atoms with E-state index in [-0.39, 0.29) is 0 Å². The van der Waals surface area contributed by atoms with Gasteiger partial charge in [-0.1, -0.05) is 68.2 Å². The molecule has 0 radical (unpaired) electrons. The van der Waals surface area contributed by atoms with E-state index in [0.717, 1.165) is 17.6 Å². The maximum atomic E-state index is 9.08. The molecule has 0 spiro atoms. The molecule has 0 N–H and O–H groups in total. The Labute approximate surface area is 111 Å². The normalized spacial score (nSPS) is 12.7. The number of rotatable bonds is 5. The van der Waals surface area contributed by atoms with Gasteiger partial charge in [0.1, 0.15) is 0 Å². The fraction of sp³-hybridized carbons (Fsp3) is 0.312. The van der Waals surface area contributed by atoms with Crippen LogP contribution >= 0.6 is 0 Å². The third-order valence-corrected chi connectivity index (χ3v) is 4.42. The quantitative estimate of drug-likeness (QED) is 0.418. The second-order valence-corrected chi connectivity index (χ2v) is 11.3. The molecule has 1 rings (SSSR count). The predicted octanol–water partition coefficient (Wildman–Crippen LogP) is 4.88. The summed E-state index contributed by atoms with van der Waals surface area (Å²) in [5.41, 5.74) is 2.04. The van der Waals surface area contributed by atoms with E-state index in [1.165, 1.54) is 6.04 Å². The van der Waals surface area contributed by atoms with E-state index in [2.05, 4.69) is 37.8 Å². The Morgan fingerprint density at radius 3 is 2.44 bits per heavy atom. The first kappa shape index (κ1) is 14.5. The van der Waals surface area contributed by atoms with Gasteiger partial charge in [-0.3, -0.25) is 0 Å². The van der Waals surface area contributed by atoms with Gasteiger partial charge in [0.2, 0.25) is 0 Å². The Balaban J connectivity index is 2.59. The van der Waals surface area contributed by atoms with Crippen LogP contribution in [0.5, 0.6) is 0 Å². The lowest BCUT2D eigenvalue weighted by Gasteiger charge is -2.14. The van der Waals surface area contributed by atoms with Gasteiger partial charge in [0.15, 0.2) is 0 Å². The number of nitriles is 1. The van der Waals surface area contributed by atoms with Crippen molar-refractivity contribution in [3.05, 3.63) is 53.6 Å². The van der Waals surface area contributed by atoms with Crippen LogP contribution in [0.15, 0.2) is 48.1 Å². The van der Waals surface area contributed by atoms with Gasteiger partial charge in [-0.2, -0.15) is 5.26 Å². The van der Waals surface area contributed by atoms with Crippen molar-refractivity contribution < 1.29 is 0 Å². The van der Waals surface area contributed by atoms with Gasteiger partial charge in [0, 0.05) is 13.6 Å². The fourth-order valence-corrected chi connectivity index (χ4v) is 2.55. The maximum absolute atomic E-state index is 9.08. The molecule has 0 aliphatic heterocycles. The molecule has 0 aliphatic rings. The minimum absolute atomic E-state index is 0.879. The van der Waals surface area contributed by atoms with Crippen LogP contribution in [0.4, 0.5) is 0 Å². The summed E-state index contributed by atoms with van der Waals surface area (Å²) in [7, 11) is -1.06. The Bertz CT molecular complexity index is 458. The molecule has 2 heteroatoms. The molecule has 0 saturated heterocycles. The minimum Gasteiger partial charge on any atom is -0.193 e. The van der Waals surface area contributed by atoms with Crippen molar-refractivity contribution >= 4 is 14.1 Å². The Morgan fingerprint density at radius 2 is 1.89 bits per heavy atom. The molecule has 0 amide bonds. The van der Waals surface area contributed by atoms with Crippen LogP contribution in [0.3, 0.4) is 0 Å². The van der Waals surface area contributed by atoms with Crippen molar-refractivity contribution in [2.75, 3.05) is 0 Å². The zero-order valence-corrected chi connectivity index (χ0v) is 12.5. The zero-order valence-electron chi connectivity index (χ0n) is 11.5. The lowest BCUT2D eigenvalue weighted by Crippen LogP contribution is -2.18. The van der Waals surface area contributed by atoms with Crippen LogP contribution in [-0.4, -0.2) is 8.07 Å². The first-order valence-electron chi connectivity index (χ1n) is 6.34. The molecule has 18 heavy (non-hydrogen) atoms. The van der Waals surface area contributed by atoms with Gasteiger partial charge in [-0.05, 0) is 18.1 Å². The monoisotopic (exact) mass is 255 g/mol. The Kier molecular flexibility index (Phi) is 5.61. The first-order chi connectivity index (χ1) is 8.51. The largest absolute Gasteiger partial charge is 0.193 e. The predicted molar refractivity (Wildman–Crippen MR) is 81.9 cm³/mol. The fourth-order valence-electron chi connectivity index (χ4n) is 1.53. The van der Waals surface area contributed by atoms with Crippen LogP contribution in [0.25, 0.3) is 6.08 Å². The average molecular weight is 255 g/mol. The first-order valence-corrected chi connectivity index (χ1v) is 10.0. The van der Waals surface area contributed by atoms with Gasteiger partial charge < -0.3 is 0 Å². The van der Waals surface area contributed by atoms with Crippen molar-refractivity contribution in [3.8, 4) is 6.07 Å². The van der Waals surface area contributed by atoms with Crippen LogP contribution < -0.4 is 0 Å². The molecule has 0 aromatic heterocycles. The standard InChI is InChI=1S/C16H21NSi/c1-18(2,3)13-12-16(14-17)11-7-10-15-8-5-4-6-9-15/h4-11H,12-13H2,1-3H3/b10-7+,16-11-. The topological polar surface area (TPSA) is 23.8 Å². The van der Waals surface area contributed by atoms with E-state index in [1.807, 2.05) is 36.4 Å². The van der Waals surface area contributed by atoms with Gasteiger partial charge in [-0.25, -0.2) is 0 Å². The molecule has 1 aromatic rings. The van der Waals surface area contributed by atoms with Gasteiger partial charge in [0.05, 0.1) is 6.07 Å². The number of hydrogen-bond donors (Lipinski definition) is 0. The highest BCUT2D eigenvalue weighted by Crippen LogP contribution is 2.16. The van der Waals surface area contributed by atoms with E-state index in [0.29, 0.717) is 0 Å². The van der Waals surface area contributed by atoms with Gasteiger partial charge in [0.25, 0.3) is 0 Å². The molecule has 0 fully saturated rings. The summed E-state index contributed by atoms with van der Waals surface area (Å²) >= 11 is 0. The summed E-state index contributed by atoms with van der Waals surface area (Å²) in [6.45, 7) is 7.01. The summed E-state index contributed by atoms with van der Waals surface area (Å²) < 4.78 is 0. The third kappa shape index (κ3) is 6.22. The van der Waals surface area contributed by atoms with E-state index < -0.39 is 8.07 Å². The SMILES string of the molecule is C[Si](C)(C)CC/C(C#N)=C/C=C/c1ccccc1. The number of hydrogen-bond acceptors (Lipinski definition) is 1. The van der Waals surface area contributed by atoms with E-state index in [9.17, 15) is 0 Å². The molecule has 1 aromatic carbocycles. The Hall–Kier alpha value is -1.59. The molecule has 0 unspecified atom stereocenters. The second kappa shape index (κ2) is 6.98. The maximum Gasteiger partial charge on any atom is 0.0946 e. The minimum atomic E-state index is -1.06. The third-order valence-electron chi connectivity index (χ3n) is 2.67. The molecule has 0 bridgehead atoms. The summed E-state index contributed by atoms with van der Waals surface area (Å²) in [4.78, 5) is 0. The summed E-state index contributed by atoms with van der Waals surface area (Å²) in [5, 5.41) is 9.08. The van der Waals surface area contributed by atoms with Crippen LogP contribution in [0.1, 0.15) is 12.0 Å². The summed E-state index contributed by atoms with van der Waals surface area (Å²) in [6.07, 6.45) is 6.85. The number of benzene rings is 1. The van der Waals surface area contributed by atoms with Gasteiger partial charge >= 0.3 is 0 Å². The van der Waals surface area contributed by atoms with Crippen LogP contribution in [0, 0.1) is 11.3 Å². The highest BCUT2D eigenvalue weighted by atomic mass is 28.3. The summed E-state index contributed by atoms with van der Waals surface area (Å²) in [6, 6.07) is 13.6. The second-order valence-electron chi connectivity index (χ2n) is 5.63. The average Bonchev–Trinajstić information content (AvgIpc) is 2.33. The molecule has 1 nitrogen and oxygen atoms in total. The summed E-state index contributed by atoms with van der Waals surface area (Å²) in [5.74, 6) is 0. The zero-order chi connectivity index (χ0) is 13.4. The Morgan fingerprint density at radius 1 is 1.22 bits per heavy atom. The van der Waals surface area contributed by atoms with Crippen molar-refractivity contribution in [2.24, 2.45) is 0 Å². The highest BCUT2D eigenvalue weighted by Gasteiger charge is 2.12. The molecule has 94 valence electrons. The van der Waals surface area contributed by atoms with Crippen LogP contribution in [-0.2, 0) is 0 Å². The smallest absolute Gasteiger partial charge is 0.0946 e. The van der Waals surface area contributed by atoms with Crippen molar-refractivity contribution in [2.45, 2.75) is 32.1 Å². The van der Waals surface area contributed by atoms with Crippen molar-refractivity contribution in [1.29, 1.82) is 5.26 Å². The molecular formula is C16H21NSi. The number of nitrogens with zero attached hydrogens (tertiary/aromatic N) is 1. The van der Waals surface area contributed by atoms with Crippen molar-refractivity contribution in [1.82, 2.24) is 0 Å². The molecular weight excluding hydrogens is 234 g/mol. The number of allylic oxidation sites excluding steroid dienone is 3. The lowest BCUT2D eigenvalue weighted by molar-refractivity contribution is 1.10. The van der Waals surface area contributed by atoms with E-state index in [1.54, 1.807) is 0 Å². The molecule has 0 aliphatic carbocycles. The van der Waals surface area contributed by atoms with Crippen LogP contribution in [0.2, 0.25) is 25.7 Å². The molecule has 0 saturated carbocycles. The van der Waals surface area contributed by atoms with Gasteiger partial charge in [-0.15, -0.1) is 0 Å². The molecule has 0 heterocycles. The van der Waals surface area contributed by atoms with E-state index in [4.69, 9.17) is 5.26 Å². The highest BCUT2D eigenvalue weighted by molar-refractivity contribution is 6.76. The lowest BCUT2D eigenvalue weighted by atomic mass is 10.2.